The minimum Gasteiger partial charge on any atom is -0.387 e. The molecule has 6 atom stereocenters. The molecule has 3 aliphatic rings. The van der Waals surface area contributed by atoms with Crippen LogP contribution >= 0.6 is 15.6 Å². The highest BCUT2D eigenvalue weighted by atomic mass is 31.3. The van der Waals surface area contributed by atoms with Crippen LogP contribution in [0.25, 0.3) is 0 Å². The van der Waals surface area contributed by atoms with E-state index in [1.54, 1.807) is 0 Å². The van der Waals surface area contributed by atoms with Crippen LogP contribution < -0.4 is 0 Å². The molecule has 3 aliphatic heterocycles. The maximum absolute atomic E-state index is 11.6. The van der Waals surface area contributed by atoms with Gasteiger partial charge in [-0.25, -0.2) is 14.1 Å². The molecular weight excluding hydrogens is 414 g/mol. The Hall–Kier alpha value is -1.38. The minimum atomic E-state index is -5.30. The zero-order valence-electron chi connectivity index (χ0n) is 13.1. The van der Waals surface area contributed by atoms with E-state index in [2.05, 4.69) is 23.8 Å². The SMILES string of the molecule is O=C1N=CN=C2C1N=CN2C1OC(COP(=O)(O)OP(=O)(O)O)C(O)C1O. The maximum Gasteiger partial charge on any atom is 0.481 e. The third kappa shape index (κ3) is 4.38. The second-order valence-corrected chi connectivity index (χ2v) is 8.36. The van der Waals surface area contributed by atoms with Crippen LogP contribution in [0.15, 0.2) is 15.0 Å². The van der Waals surface area contributed by atoms with Gasteiger partial charge in [0.1, 0.15) is 30.5 Å². The molecule has 27 heavy (non-hydrogen) atoms. The molecule has 150 valence electrons. The molecule has 0 aromatic rings. The molecule has 0 bridgehead atoms. The third-order valence-corrected chi connectivity index (χ3v) is 5.83. The van der Waals surface area contributed by atoms with Gasteiger partial charge >= 0.3 is 15.6 Å². The third-order valence-electron chi connectivity index (χ3n) is 3.68. The average molecular weight is 428 g/mol. The first-order chi connectivity index (χ1) is 12.5. The number of aliphatic hydroxyl groups is 2. The Kier molecular flexibility index (Phi) is 5.44. The molecule has 0 spiro atoms. The summed E-state index contributed by atoms with van der Waals surface area (Å²) in [6.45, 7) is -0.843. The lowest BCUT2D eigenvalue weighted by Gasteiger charge is -2.26. The number of fused-ring (bicyclic) bond motifs is 1. The molecule has 0 aliphatic carbocycles. The van der Waals surface area contributed by atoms with Crippen molar-refractivity contribution in [2.24, 2.45) is 15.0 Å². The Morgan fingerprint density at radius 2 is 1.93 bits per heavy atom. The van der Waals surface area contributed by atoms with Crippen LogP contribution in [0.5, 0.6) is 0 Å². The molecule has 1 amide bonds. The summed E-state index contributed by atoms with van der Waals surface area (Å²) in [7, 11) is -10.5. The van der Waals surface area contributed by atoms with Gasteiger partial charge in [0.25, 0.3) is 5.91 Å². The quantitative estimate of drug-likeness (QED) is 0.274. The van der Waals surface area contributed by atoms with E-state index in [0.29, 0.717) is 0 Å². The van der Waals surface area contributed by atoms with Crippen LogP contribution in [0.2, 0.25) is 0 Å². The van der Waals surface area contributed by atoms with Crippen molar-refractivity contribution in [1.82, 2.24) is 4.90 Å². The Bertz CT molecular complexity index is 809. The minimum absolute atomic E-state index is 0.102. The number of amides is 1. The molecular formula is C10H14N4O11P2. The number of aliphatic imine (C=N–C) groups is 3. The smallest absolute Gasteiger partial charge is 0.387 e. The molecule has 1 saturated heterocycles. The fourth-order valence-electron chi connectivity index (χ4n) is 2.55. The number of carbonyl (C=O) groups excluding carboxylic acids is 1. The van der Waals surface area contributed by atoms with Gasteiger partial charge < -0.3 is 29.6 Å². The van der Waals surface area contributed by atoms with Crippen LogP contribution in [0, 0.1) is 0 Å². The van der Waals surface area contributed by atoms with Gasteiger partial charge in [0.15, 0.2) is 12.3 Å². The summed E-state index contributed by atoms with van der Waals surface area (Å²) in [5, 5.41) is 20.2. The van der Waals surface area contributed by atoms with E-state index in [1.165, 1.54) is 4.90 Å². The van der Waals surface area contributed by atoms with Crippen molar-refractivity contribution in [2.75, 3.05) is 6.61 Å². The van der Waals surface area contributed by atoms with Gasteiger partial charge in [-0.15, -0.1) is 0 Å². The van der Waals surface area contributed by atoms with Crippen LogP contribution in [-0.4, -0.2) is 91.4 Å². The second kappa shape index (κ2) is 7.22. The largest absolute Gasteiger partial charge is 0.481 e. The van der Waals surface area contributed by atoms with Crippen molar-refractivity contribution < 1.29 is 52.4 Å². The average Bonchev–Trinajstić information content (AvgIpc) is 3.07. The predicted octanol–water partition coefficient (Wildman–Crippen LogP) is -2.66. The topological polar surface area (TPSA) is 220 Å². The lowest BCUT2D eigenvalue weighted by Crippen LogP contribution is -2.48. The van der Waals surface area contributed by atoms with E-state index in [9.17, 15) is 29.0 Å². The Labute approximate surface area is 150 Å². The lowest BCUT2D eigenvalue weighted by molar-refractivity contribution is -0.117. The zero-order valence-corrected chi connectivity index (χ0v) is 14.9. The van der Waals surface area contributed by atoms with Gasteiger partial charge in [-0.2, -0.15) is 9.30 Å². The number of hydrogen-bond donors (Lipinski definition) is 5. The summed E-state index contributed by atoms with van der Waals surface area (Å²) < 4.78 is 35.4. The van der Waals surface area contributed by atoms with Gasteiger partial charge in [0.05, 0.1) is 12.9 Å². The standard InChI is InChI=1S/C10H14N4O11P2/c15-6-4(1-23-27(21,22)25-26(18,19)20)24-10(7(6)16)14-3-13-5-8(14)11-2-12-9(5)17/h2-7,10,15-16H,1H2,(H,21,22)(H2,18,19,20). The number of phosphoric acid groups is 2. The molecule has 1 fully saturated rings. The molecule has 17 heteroatoms. The lowest BCUT2D eigenvalue weighted by atomic mass is 10.1. The fourth-order valence-corrected chi connectivity index (χ4v) is 4.15. The fraction of sp³-hybridized carbons (Fsp3) is 0.600. The van der Waals surface area contributed by atoms with Crippen molar-refractivity contribution >= 4 is 40.1 Å². The summed E-state index contributed by atoms with van der Waals surface area (Å²) in [5.41, 5.74) is 0. The van der Waals surface area contributed by atoms with E-state index >= 15 is 0 Å². The number of amidine groups is 1. The van der Waals surface area contributed by atoms with Gasteiger partial charge in [-0.1, -0.05) is 0 Å². The number of nitrogens with zero attached hydrogens (tertiary/aromatic N) is 4. The molecule has 6 unspecified atom stereocenters. The number of aliphatic hydroxyl groups excluding tert-OH is 2. The van der Waals surface area contributed by atoms with E-state index in [0.717, 1.165) is 12.7 Å². The number of rotatable bonds is 6. The van der Waals surface area contributed by atoms with Crippen molar-refractivity contribution in [3.05, 3.63) is 0 Å². The monoisotopic (exact) mass is 428 g/mol. The van der Waals surface area contributed by atoms with Crippen LogP contribution in [0.1, 0.15) is 0 Å². The van der Waals surface area contributed by atoms with Crippen molar-refractivity contribution in [1.29, 1.82) is 0 Å². The van der Waals surface area contributed by atoms with E-state index < -0.39 is 58.7 Å². The Morgan fingerprint density at radius 3 is 2.59 bits per heavy atom. The summed E-state index contributed by atoms with van der Waals surface area (Å²) in [6, 6.07) is -1.01. The molecule has 0 aromatic heterocycles. The highest BCUT2D eigenvalue weighted by Gasteiger charge is 2.50. The van der Waals surface area contributed by atoms with E-state index in [-0.39, 0.29) is 5.84 Å². The van der Waals surface area contributed by atoms with Crippen LogP contribution in [0.3, 0.4) is 0 Å². The van der Waals surface area contributed by atoms with Crippen molar-refractivity contribution in [2.45, 2.75) is 30.6 Å². The van der Waals surface area contributed by atoms with Crippen LogP contribution in [-0.2, 0) is 27.5 Å². The molecule has 0 aromatic carbocycles. The van der Waals surface area contributed by atoms with Gasteiger partial charge in [0, 0.05) is 0 Å². The first kappa shape index (κ1) is 20.4. The van der Waals surface area contributed by atoms with Gasteiger partial charge in [-0.3, -0.25) is 19.2 Å². The molecule has 3 heterocycles. The Balaban J connectivity index is 1.66. The first-order valence-electron chi connectivity index (χ1n) is 7.20. The number of carbonyl (C=O) groups is 1. The number of ether oxygens (including phenoxy) is 1. The highest BCUT2D eigenvalue weighted by molar-refractivity contribution is 7.60. The molecule has 3 rings (SSSR count). The van der Waals surface area contributed by atoms with E-state index in [1.807, 2.05) is 0 Å². The molecule has 15 nitrogen and oxygen atoms in total. The zero-order chi connectivity index (χ0) is 20.0. The van der Waals surface area contributed by atoms with Gasteiger partial charge in [-0.05, 0) is 0 Å². The summed E-state index contributed by atoms with van der Waals surface area (Å²) in [6.07, 6.45) is -3.64. The molecule has 0 saturated carbocycles. The summed E-state index contributed by atoms with van der Waals surface area (Å²) >= 11 is 0. The maximum atomic E-state index is 11.6. The summed E-state index contributed by atoms with van der Waals surface area (Å²) in [5.74, 6) is -0.479. The van der Waals surface area contributed by atoms with Crippen molar-refractivity contribution in [3.63, 3.8) is 0 Å². The van der Waals surface area contributed by atoms with Crippen LogP contribution in [0.4, 0.5) is 0 Å². The van der Waals surface area contributed by atoms with Crippen molar-refractivity contribution in [3.8, 4) is 0 Å². The summed E-state index contributed by atoms with van der Waals surface area (Å²) in [4.78, 5) is 50.4. The Morgan fingerprint density at radius 1 is 1.22 bits per heavy atom. The molecule has 5 N–H and O–H groups in total. The van der Waals surface area contributed by atoms with Gasteiger partial charge in [0.2, 0.25) is 0 Å². The molecule has 0 radical (unpaired) electrons. The first-order valence-corrected chi connectivity index (χ1v) is 10.2. The normalized spacial score (nSPS) is 35.3. The van der Waals surface area contributed by atoms with E-state index in [4.69, 9.17) is 14.5 Å². The highest BCUT2D eigenvalue weighted by Crippen LogP contribution is 2.57. The second-order valence-electron chi connectivity index (χ2n) is 5.53. The predicted molar refractivity (Wildman–Crippen MR) is 84.6 cm³/mol. The number of phosphoric ester groups is 1. The number of hydrogen-bond acceptors (Lipinski definition) is 11.